The van der Waals surface area contributed by atoms with Crippen molar-refractivity contribution in [1.29, 1.82) is 0 Å². The summed E-state index contributed by atoms with van der Waals surface area (Å²) >= 11 is 0. The monoisotopic (exact) mass is 410 g/mol. The van der Waals surface area contributed by atoms with E-state index < -0.39 is 6.10 Å². The van der Waals surface area contributed by atoms with Crippen LogP contribution >= 0.6 is 0 Å². The number of nitrogens with zero attached hydrogens (tertiary/aromatic N) is 2. The molecule has 1 unspecified atom stereocenters. The number of hydrogen-bond acceptors (Lipinski definition) is 6. The molecule has 2 aliphatic heterocycles. The predicted molar refractivity (Wildman–Crippen MR) is 112 cm³/mol. The van der Waals surface area contributed by atoms with Gasteiger partial charge in [0.15, 0.2) is 0 Å². The van der Waals surface area contributed by atoms with Crippen LogP contribution in [0.15, 0.2) is 42.6 Å². The number of hydrogen-bond donors (Lipinski definition) is 2. The molecule has 2 fully saturated rings. The molecule has 0 saturated carbocycles. The first-order valence-corrected chi connectivity index (χ1v) is 10.3. The van der Waals surface area contributed by atoms with Crippen molar-refractivity contribution in [3.05, 3.63) is 53.7 Å². The molecule has 8 nitrogen and oxygen atoms in total. The molecule has 0 aliphatic carbocycles. The van der Waals surface area contributed by atoms with Crippen LogP contribution in [0.4, 0.5) is 11.5 Å². The number of anilines is 2. The number of amides is 2. The fourth-order valence-corrected chi connectivity index (χ4v) is 3.57. The molecular weight excluding hydrogens is 384 g/mol. The molecular formula is C22H26N4O4. The number of rotatable bonds is 6. The summed E-state index contributed by atoms with van der Waals surface area (Å²) in [5.41, 5.74) is 2.05. The molecule has 0 radical (unpaired) electrons. The van der Waals surface area contributed by atoms with Crippen LogP contribution in [0, 0.1) is 0 Å². The summed E-state index contributed by atoms with van der Waals surface area (Å²) in [6.45, 7) is 4.03. The fraction of sp³-hybridized carbons (Fsp3) is 0.409. The standard InChI is InChI=1S/C22H26N4O4/c27-21(17-3-1-4-18(14-17)25-22(28)19-5-2-10-30-19)24-15-16-6-7-23-20(13-16)26-8-11-29-12-9-26/h1,3-4,6-7,13-14,19H,2,5,8-12,15H2,(H,24,27)(H,25,28). The van der Waals surface area contributed by atoms with Crippen LogP contribution in [0.25, 0.3) is 0 Å². The fourth-order valence-electron chi connectivity index (χ4n) is 3.57. The molecule has 1 atom stereocenters. The Kier molecular flexibility index (Phi) is 6.56. The minimum absolute atomic E-state index is 0.169. The zero-order valence-electron chi connectivity index (χ0n) is 16.8. The van der Waals surface area contributed by atoms with E-state index in [4.69, 9.17) is 9.47 Å². The van der Waals surface area contributed by atoms with Gasteiger partial charge in [0, 0.05) is 43.7 Å². The van der Waals surface area contributed by atoms with E-state index in [1.807, 2.05) is 12.1 Å². The number of pyridine rings is 1. The Bertz CT molecular complexity index is 892. The highest BCUT2D eigenvalue weighted by Gasteiger charge is 2.23. The van der Waals surface area contributed by atoms with Crippen molar-refractivity contribution in [2.45, 2.75) is 25.5 Å². The average Bonchev–Trinajstić information content (AvgIpc) is 3.34. The van der Waals surface area contributed by atoms with Crippen molar-refractivity contribution in [3.63, 3.8) is 0 Å². The van der Waals surface area contributed by atoms with Gasteiger partial charge >= 0.3 is 0 Å². The highest BCUT2D eigenvalue weighted by Crippen LogP contribution is 2.17. The summed E-state index contributed by atoms with van der Waals surface area (Å²) in [7, 11) is 0. The maximum atomic E-state index is 12.6. The zero-order chi connectivity index (χ0) is 20.8. The van der Waals surface area contributed by atoms with Gasteiger partial charge in [0.05, 0.1) is 13.2 Å². The summed E-state index contributed by atoms with van der Waals surface area (Å²) in [6.07, 6.45) is 2.97. The van der Waals surface area contributed by atoms with Crippen LogP contribution in [0.1, 0.15) is 28.8 Å². The number of ether oxygens (including phenoxy) is 2. The van der Waals surface area contributed by atoms with Crippen LogP contribution in [0.5, 0.6) is 0 Å². The molecule has 158 valence electrons. The van der Waals surface area contributed by atoms with Gasteiger partial charge in [0.2, 0.25) is 0 Å². The van der Waals surface area contributed by atoms with E-state index in [1.165, 1.54) is 0 Å². The Labute approximate surface area is 175 Å². The number of morpholine rings is 1. The lowest BCUT2D eigenvalue weighted by molar-refractivity contribution is -0.124. The third kappa shape index (κ3) is 5.14. The molecule has 2 amide bonds. The quantitative estimate of drug-likeness (QED) is 0.756. The zero-order valence-corrected chi connectivity index (χ0v) is 16.8. The molecule has 2 N–H and O–H groups in total. The van der Waals surface area contributed by atoms with Gasteiger partial charge in [-0.3, -0.25) is 9.59 Å². The van der Waals surface area contributed by atoms with E-state index in [0.717, 1.165) is 37.3 Å². The smallest absolute Gasteiger partial charge is 0.253 e. The Balaban J connectivity index is 1.34. The van der Waals surface area contributed by atoms with Gasteiger partial charge in [-0.15, -0.1) is 0 Å². The van der Waals surface area contributed by atoms with Gasteiger partial charge in [0.25, 0.3) is 11.8 Å². The van der Waals surface area contributed by atoms with Crippen LogP contribution in [0.2, 0.25) is 0 Å². The SMILES string of the molecule is O=C(NCc1ccnc(N2CCOCC2)c1)c1cccc(NC(=O)C2CCCO2)c1. The van der Waals surface area contributed by atoms with Crippen LogP contribution in [-0.2, 0) is 20.8 Å². The average molecular weight is 410 g/mol. The third-order valence-corrected chi connectivity index (χ3v) is 5.21. The van der Waals surface area contributed by atoms with E-state index in [0.29, 0.717) is 37.6 Å². The molecule has 1 aromatic carbocycles. The number of benzene rings is 1. The number of aromatic nitrogens is 1. The molecule has 2 saturated heterocycles. The molecule has 3 heterocycles. The molecule has 2 aliphatic rings. The van der Waals surface area contributed by atoms with Crippen molar-refractivity contribution < 1.29 is 19.1 Å². The normalized spacial score (nSPS) is 18.8. The Morgan fingerprint density at radius 2 is 2.00 bits per heavy atom. The topological polar surface area (TPSA) is 92.8 Å². The molecule has 0 spiro atoms. The summed E-state index contributed by atoms with van der Waals surface area (Å²) in [4.78, 5) is 31.4. The summed E-state index contributed by atoms with van der Waals surface area (Å²) < 4.78 is 10.8. The first-order valence-electron chi connectivity index (χ1n) is 10.3. The first-order chi connectivity index (χ1) is 14.7. The maximum Gasteiger partial charge on any atom is 0.253 e. The minimum atomic E-state index is -0.408. The third-order valence-electron chi connectivity index (χ3n) is 5.21. The van der Waals surface area contributed by atoms with Crippen LogP contribution < -0.4 is 15.5 Å². The van der Waals surface area contributed by atoms with Crippen LogP contribution in [-0.4, -0.2) is 55.8 Å². The first kappa shape index (κ1) is 20.3. The summed E-state index contributed by atoms with van der Waals surface area (Å²) in [5, 5.41) is 5.76. The summed E-state index contributed by atoms with van der Waals surface area (Å²) in [6, 6.07) is 10.8. The lowest BCUT2D eigenvalue weighted by Crippen LogP contribution is -2.36. The molecule has 2 aromatic rings. The summed E-state index contributed by atoms with van der Waals surface area (Å²) in [5.74, 6) is 0.523. The van der Waals surface area contributed by atoms with Gasteiger partial charge in [-0.2, -0.15) is 0 Å². The highest BCUT2D eigenvalue weighted by atomic mass is 16.5. The van der Waals surface area contributed by atoms with Gasteiger partial charge in [0.1, 0.15) is 11.9 Å². The largest absolute Gasteiger partial charge is 0.378 e. The predicted octanol–water partition coefficient (Wildman–Crippen LogP) is 1.97. The molecule has 8 heteroatoms. The molecule has 1 aromatic heterocycles. The van der Waals surface area contributed by atoms with Gasteiger partial charge in [-0.05, 0) is 48.7 Å². The van der Waals surface area contributed by atoms with Gasteiger partial charge in [-0.1, -0.05) is 6.07 Å². The van der Waals surface area contributed by atoms with Crippen molar-refractivity contribution in [2.75, 3.05) is 43.1 Å². The number of carbonyl (C=O) groups excluding carboxylic acids is 2. The minimum Gasteiger partial charge on any atom is -0.378 e. The van der Waals surface area contributed by atoms with Gasteiger partial charge in [-0.25, -0.2) is 4.98 Å². The van der Waals surface area contributed by atoms with Crippen LogP contribution in [0.3, 0.4) is 0 Å². The highest BCUT2D eigenvalue weighted by molar-refractivity contribution is 5.98. The molecule has 30 heavy (non-hydrogen) atoms. The van der Waals surface area contributed by atoms with E-state index >= 15 is 0 Å². The Morgan fingerprint density at radius 3 is 2.80 bits per heavy atom. The van der Waals surface area contributed by atoms with Gasteiger partial charge < -0.3 is 25.0 Å². The Morgan fingerprint density at radius 1 is 1.13 bits per heavy atom. The molecule has 0 bridgehead atoms. The Hall–Kier alpha value is -2.97. The second-order valence-electron chi connectivity index (χ2n) is 7.38. The van der Waals surface area contributed by atoms with E-state index in [-0.39, 0.29) is 11.8 Å². The van der Waals surface area contributed by atoms with E-state index in [2.05, 4.69) is 20.5 Å². The van der Waals surface area contributed by atoms with Crippen molar-refractivity contribution in [2.24, 2.45) is 0 Å². The second kappa shape index (κ2) is 9.69. The number of carbonyl (C=O) groups is 2. The maximum absolute atomic E-state index is 12.6. The van der Waals surface area contributed by atoms with Crippen molar-refractivity contribution in [3.8, 4) is 0 Å². The molecule has 4 rings (SSSR count). The lowest BCUT2D eigenvalue weighted by atomic mass is 10.1. The van der Waals surface area contributed by atoms with Crippen molar-refractivity contribution in [1.82, 2.24) is 10.3 Å². The van der Waals surface area contributed by atoms with E-state index in [9.17, 15) is 9.59 Å². The lowest BCUT2D eigenvalue weighted by Gasteiger charge is -2.28. The second-order valence-corrected chi connectivity index (χ2v) is 7.38. The number of nitrogens with one attached hydrogen (secondary N) is 2. The van der Waals surface area contributed by atoms with E-state index in [1.54, 1.807) is 30.5 Å². The van der Waals surface area contributed by atoms with Crippen molar-refractivity contribution >= 4 is 23.3 Å².